The Balaban J connectivity index is 1.15. The van der Waals surface area contributed by atoms with Crippen LogP contribution >= 0.6 is 0 Å². The van der Waals surface area contributed by atoms with E-state index < -0.39 is 6.17 Å². The molecule has 204 valence electrons. The van der Waals surface area contributed by atoms with Gasteiger partial charge in [0.1, 0.15) is 25.1 Å². The molecular weight excluding hydrogens is 499 g/mol. The molecule has 9 nitrogen and oxygen atoms in total. The van der Waals surface area contributed by atoms with E-state index in [0.29, 0.717) is 53.4 Å². The molecule has 3 fully saturated rings. The zero-order chi connectivity index (χ0) is 26.8. The van der Waals surface area contributed by atoms with Gasteiger partial charge in [0.2, 0.25) is 0 Å². The van der Waals surface area contributed by atoms with Gasteiger partial charge >= 0.3 is 0 Å². The van der Waals surface area contributed by atoms with E-state index >= 15 is 4.39 Å². The summed E-state index contributed by atoms with van der Waals surface area (Å²) in [6, 6.07) is 5.21. The quantitative estimate of drug-likeness (QED) is 0.478. The minimum absolute atomic E-state index is 0.00238. The van der Waals surface area contributed by atoms with E-state index in [1.165, 1.54) is 0 Å². The number of anilines is 1. The monoisotopic (exact) mass is 532 g/mol. The fourth-order valence-electron chi connectivity index (χ4n) is 7.13. The second-order valence-corrected chi connectivity index (χ2v) is 12.2. The van der Waals surface area contributed by atoms with Crippen LogP contribution in [0.3, 0.4) is 0 Å². The molecule has 3 heterocycles. The number of benzene rings is 1. The Morgan fingerprint density at radius 3 is 2.59 bits per heavy atom. The summed E-state index contributed by atoms with van der Waals surface area (Å²) >= 11 is 0. The molecule has 3 aromatic rings. The van der Waals surface area contributed by atoms with Gasteiger partial charge in [-0.15, -0.1) is 10.2 Å². The Hall–Kier alpha value is -3.56. The van der Waals surface area contributed by atoms with Crippen LogP contribution in [0.1, 0.15) is 58.8 Å². The first-order valence-electron chi connectivity index (χ1n) is 13.9. The molecule has 4 aliphatic rings. The second kappa shape index (κ2) is 8.99. The number of phenolic OH excluding ortho intramolecular Hbond substituents is 1. The highest BCUT2D eigenvalue weighted by Gasteiger charge is 2.56. The van der Waals surface area contributed by atoms with Crippen molar-refractivity contribution >= 4 is 5.82 Å². The van der Waals surface area contributed by atoms with E-state index in [2.05, 4.69) is 43.9 Å². The molecule has 0 unspecified atom stereocenters. The molecule has 0 radical (unpaired) electrons. The van der Waals surface area contributed by atoms with Gasteiger partial charge < -0.3 is 19.5 Å². The molecule has 0 saturated heterocycles. The van der Waals surface area contributed by atoms with Crippen LogP contribution < -0.4 is 14.4 Å². The third kappa shape index (κ3) is 4.33. The van der Waals surface area contributed by atoms with Crippen LogP contribution in [0.25, 0.3) is 22.6 Å². The summed E-state index contributed by atoms with van der Waals surface area (Å²) in [4.78, 5) is 15.5. The number of rotatable bonds is 5. The number of ether oxygens (including phenoxy) is 2. The zero-order valence-corrected chi connectivity index (χ0v) is 22.3. The molecule has 0 spiro atoms. The summed E-state index contributed by atoms with van der Waals surface area (Å²) in [6.45, 7) is 5.31. The van der Waals surface area contributed by atoms with Crippen molar-refractivity contribution in [1.29, 1.82) is 0 Å². The highest BCUT2D eigenvalue weighted by molar-refractivity contribution is 5.71. The number of fused-ring (bicyclic) bond motifs is 3. The molecule has 1 N–H and O–H groups in total. The average molecular weight is 533 g/mol. The number of halogens is 1. The maximum Gasteiger partial charge on any atom is 0.278 e. The molecule has 2 aromatic heterocycles. The number of alkyl halides is 1. The molecule has 1 aliphatic heterocycles. The lowest BCUT2D eigenvalue weighted by atomic mass is 9.54. The lowest BCUT2D eigenvalue weighted by Crippen LogP contribution is -2.58. The molecular formula is C29H33FN6O3. The van der Waals surface area contributed by atoms with Crippen molar-refractivity contribution in [3.05, 3.63) is 30.6 Å². The van der Waals surface area contributed by atoms with Gasteiger partial charge in [-0.25, -0.2) is 19.3 Å². The number of phenols is 1. The van der Waals surface area contributed by atoms with Crippen LogP contribution in [0.15, 0.2) is 30.6 Å². The van der Waals surface area contributed by atoms with Crippen molar-refractivity contribution in [3.63, 3.8) is 0 Å². The fraction of sp³-hybridized carbons (Fsp3) is 0.552. The lowest BCUT2D eigenvalue weighted by molar-refractivity contribution is -0.0554. The molecule has 4 atom stereocenters. The third-order valence-electron chi connectivity index (χ3n) is 8.98. The van der Waals surface area contributed by atoms with Crippen molar-refractivity contribution in [2.24, 2.45) is 10.8 Å². The van der Waals surface area contributed by atoms with Crippen LogP contribution in [0.5, 0.6) is 17.5 Å². The number of nitrogens with zero attached hydrogens (tertiary/aromatic N) is 6. The first kappa shape index (κ1) is 24.5. The molecule has 39 heavy (non-hydrogen) atoms. The summed E-state index contributed by atoms with van der Waals surface area (Å²) < 4.78 is 27.1. The van der Waals surface area contributed by atoms with Gasteiger partial charge in [-0.1, -0.05) is 26.3 Å². The standard InChI is InChI=1S/C29H33FN6O3/c1-28-8-3-9-29(2,16-28)24(30)21(13-28)36(18-5-6-18)23-15-31-25(35-34-23)19-7-4-17(12-22(19)37)20-14-32-26-27(33-20)39-11-10-38-26/h4,7,12,14-15,18,21,24,37H,3,5-6,8-11,13,16H2,1-2H3/t21-,24-,28-,29-/m1/s1. The SMILES string of the molecule is C[C@]12CCC[C@](C)(C1)[C@H](F)[C@H](N(c1cnc(-c3ccc(-c4cnc5c(n4)OCCO5)cc3O)nn1)C1CC1)C2. The minimum atomic E-state index is -0.909. The van der Waals surface area contributed by atoms with E-state index in [9.17, 15) is 5.11 Å². The highest BCUT2D eigenvalue weighted by Crippen LogP contribution is 2.58. The summed E-state index contributed by atoms with van der Waals surface area (Å²) in [6.07, 6.45) is 9.39. The van der Waals surface area contributed by atoms with Crippen LogP contribution in [-0.4, -0.2) is 61.7 Å². The summed E-state index contributed by atoms with van der Waals surface area (Å²) in [5.41, 5.74) is 1.54. The largest absolute Gasteiger partial charge is 0.507 e. The van der Waals surface area contributed by atoms with Gasteiger partial charge in [0.25, 0.3) is 11.8 Å². The number of aromatic hydroxyl groups is 1. The van der Waals surface area contributed by atoms with Gasteiger partial charge in [-0.2, -0.15) is 0 Å². The van der Waals surface area contributed by atoms with Crippen LogP contribution in [0.2, 0.25) is 0 Å². The van der Waals surface area contributed by atoms with E-state index in [-0.39, 0.29) is 28.7 Å². The van der Waals surface area contributed by atoms with Crippen LogP contribution in [-0.2, 0) is 0 Å². The average Bonchev–Trinajstić information content (AvgIpc) is 3.77. The van der Waals surface area contributed by atoms with Crippen molar-refractivity contribution < 1.29 is 19.0 Å². The van der Waals surface area contributed by atoms with Gasteiger partial charge in [0.15, 0.2) is 11.6 Å². The van der Waals surface area contributed by atoms with Gasteiger partial charge in [0, 0.05) is 17.0 Å². The summed E-state index contributed by atoms with van der Waals surface area (Å²) in [7, 11) is 0. The Morgan fingerprint density at radius 2 is 1.85 bits per heavy atom. The Morgan fingerprint density at radius 1 is 1.03 bits per heavy atom. The fourth-order valence-corrected chi connectivity index (χ4v) is 7.13. The van der Waals surface area contributed by atoms with Crippen molar-refractivity contribution in [2.75, 3.05) is 18.1 Å². The molecule has 0 amide bonds. The molecule has 7 rings (SSSR count). The summed E-state index contributed by atoms with van der Waals surface area (Å²) in [5, 5.41) is 19.7. The van der Waals surface area contributed by atoms with Gasteiger partial charge in [0.05, 0.1) is 29.7 Å². The third-order valence-corrected chi connectivity index (χ3v) is 8.98. The second-order valence-electron chi connectivity index (χ2n) is 12.2. The smallest absolute Gasteiger partial charge is 0.278 e. The van der Waals surface area contributed by atoms with Crippen LogP contribution in [0.4, 0.5) is 10.2 Å². The van der Waals surface area contributed by atoms with Crippen molar-refractivity contribution in [2.45, 2.75) is 77.0 Å². The van der Waals surface area contributed by atoms with E-state index in [0.717, 1.165) is 44.9 Å². The maximum absolute atomic E-state index is 16.1. The Labute approximate surface area is 226 Å². The normalized spacial score (nSPS) is 29.6. The highest BCUT2D eigenvalue weighted by atomic mass is 19.1. The molecule has 1 aromatic carbocycles. The Kier molecular flexibility index (Phi) is 5.64. The Bertz CT molecular complexity index is 1400. The predicted molar refractivity (Wildman–Crippen MR) is 142 cm³/mol. The molecule has 3 aliphatic carbocycles. The van der Waals surface area contributed by atoms with Gasteiger partial charge in [-0.3, -0.25) is 0 Å². The molecule has 3 saturated carbocycles. The zero-order valence-electron chi connectivity index (χ0n) is 22.3. The summed E-state index contributed by atoms with van der Waals surface area (Å²) in [5.74, 6) is 1.63. The molecule has 2 bridgehead atoms. The van der Waals surface area contributed by atoms with E-state index in [1.807, 2.05) is 6.07 Å². The first-order chi connectivity index (χ1) is 18.8. The molecule has 10 heteroatoms. The van der Waals surface area contributed by atoms with Crippen LogP contribution in [0, 0.1) is 10.8 Å². The topological polar surface area (TPSA) is 106 Å². The van der Waals surface area contributed by atoms with E-state index in [4.69, 9.17) is 9.47 Å². The van der Waals surface area contributed by atoms with E-state index in [1.54, 1.807) is 24.5 Å². The first-order valence-corrected chi connectivity index (χ1v) is 13.9. The number of hydrogen-bond donors (Lipinski definition) is 1. The van der Waals surface area contributed by atoms with Crippen molar-refractivity contribution in [1.82, 2.24) is 25.1 Å². The van der Waals surface area contributed by atoms with Crippen molar-refractivity contribution in [3.8, 4) is 40.2 Å². The minimum Gasteiger partial charge on any atom is -0.507 e. The lowest BCUT2D eigenvalue weighted by Gasteiger charge is -2.56. The maximum atomic E-state index is 16.1. The van der Waals surface area contributed by atoms with Gasteiger partial charge in [-0.05, 0) is 56.1 Å². The number of aromatic nitrogens is 5. The number of hydrogen-bond acceptors (Lipinski definition) is 9. The predicted octanol–water partition coefficient (Wildman–Crippen LogP) is 5.14.